The predicted molar refractivity (Wildman–Crippen MR) is 191 cm³/mol. The van der Waals surface area contributed by atoms with Crippen molar-refractivity contribution in [2.75, 3.05) is 52.4 Å². The first-order valence-corrected chi connectivity index (χ1v) is 18.3. The van der Waals surface area contributed by atoms with E-state index in [0.717, 1.165) is 18.4 Å². The van der Waals surface area contributed by atoms with Crippen molar-refractivity contribution >= 4 is 35.3 Å². The SMILES string of the molecule is Cc1ccc(C(=O)C2CCN(C(=O)CN(CC(=O)O)C3CCCCC3N(CC(=O)O)CC(=O)N3CCC(C(=O)c4ccc(O)cc4)CC3)CC2)cc1. The Hall–Kier alpha value is -4.62. The van der Waals surface area contributed by atoms with Gasteiger partial charge in [0.15, 0.2) is 11.6 Å². The highest BCUT2D eigenvalue weighted by atomic mass is 16.4. The summed E-state index contributed by atoms with van der Waals surface area (Å²) in [5.41, 5.74) is 2.22. The number of Topliss-reactive ketones (excluding diaryl/α,β-unsaturated/α-hetero) is 2. The third-order valence-electron chi connectivity index (χ3n) is 10.9. The number of phenolic OH excluding ortho intramolecular Hbond substituents is 1. The number of amides is 2. The number of carbonyl (C=O) groups excluding carboxylic acids is 4. The molecule has 3 N–H and O–H groups in total. The second kappa shape index (κ2) is 17.7. The highest BCUT2D eigenvalue weighted by Crippen LogP contribution is 2.29. The molecule has 2 aromatic rings. The fraction of sp³-hybridized carbons (Fsp3) is 0.538. The second-order valence-electron chi connectivity index (χ2n) is 14.5. The molecule has 2 atom stereocenters. The van der Waals surface area contributed by atoms with Crippen LogP contribution < -0.4 is 0 Å². The molecule has 2 aromatic carbocycles. The number of hydrogen-bond acceptors (Lipinski definition) is 9. The Balaban J connectivity index is 1.21. The van der Waals surface area contributed by atoms with E-state index < -0.39 is 37.1 Å². The molecule has 0 aromatic heterocycles. The molecule has 13 heteroatoms. The summed E-state index contributed by atoms with van der Waals surface area (Å²) in [6.07, 6.45) is 4.59. The maximum Gasteiger partial charge on any atom is 0.317 e. The molecule has 0 spiro atoms. The van der Waals surface area contributed by atoms with E-state index in [4.69, 9.17) is 0 Å². The van der Waals surface area contributed by atoms with Crippen molar-refractivity contribution in [1.29, 1.82) is 0 Å². The summed E-state index contributed by atoms with van der Waals surface area (Å²) in [7, 11) is 0. The predicted octanol–water partition coefficient (Wildman–Crippen LogP) is 3.33. The van der Waals surface area contributed by atoms with Gasteiger partial charge in [-0.05, 0) is 69.7 Å². The van der Waals surface area contributed by atoms with Crippen LogP contribution in [-0.2, 0) is 19.2 Å². The zero-order valence-corrected chi connectivity index (χ0v) is 29.8. The number of hydrogen-bond donors (Lipinski definition) is 3. The van der Waals surface area contributed by atoms with Gasteiger partial charge >= 0.3 is 11.9 Å². The summed E-state index contributed by atoms with van der Waals surface area (Å²) in [4.78, 5) is 84.1. The summed E-state index contributed by atoms with van der Waals surface area (Å²) < 4.78 is 0. The molecule has 0 bridgehead atoms. The monoisotopic (exact) mass is 718 g/mol. The fourth-order valence-electron chi connectivity index (χ4n) is 8.02. The van der Waals surface area contributed by atoms with Crippen molar-refractivity contribution in [3.63, 3.8) is 0 Å². The number of likely N-dealkylation sites (tertiary alicyclic amines) is 2. The van der Waals surface area contributed by atoms with Gasteiger partial charge in [0, 0.05) is 61.2 Å². The first kappa shape index (κ1) is 38.6. The zero-order chi connectivity index (χ0) is 37.4. The van der Waals surface area contributed by atoms with E-state index in [1.54, 1.807) is 31.7 Å². The lowest BCUT2D eigenvalue weighted by Gasteiger charge is -2.45. The largest absolute Gasteiger partial charge is 0.508 e. The highest BCUT2D eigenvalue weighted by Gasteiger charge is 2.39. The van der Waals surface area contributed by atoms with Crippen molar-refractivity contribution in [3.8, 4) is 5.75 Å². The molecule has 280 valence electrons. The molecule has 3 aliphatic rings. The smallest absolute Gasteiger partial charge is 0.317 e. The van der Waals surface area contributed by atoms with Crippen LogP contribution in [0.4, 0.5) is 0 Å². The van der Waals surface area contributed by atoms with Crippen LogP contribution >= 0.6 is 0 Å². The van der Waals surface area contributed by atoms with Gasteiger partial charge in [-0.1, -0.05) is 42.7 Å². The number of carboxylic acids is 2. The van der Waals surface area contributed by atoms with E-state index in [0.29, 0.717) is 75.8 Å². The van der Waals surface area contributed by atoms with Crippen LogP contribution in [0.15, 0.2) is 48.5 Å². The quantitative estimate of drug-likeness (QED) is 0.244. The summed E-state index contributed by atoms with van der Waals surface area (Å²) in [5.74, 6) is -3.09. The lowest BCUT2D eigenvalue weighted by atomic mass is 9.87. The molecule has 2 amide bonds. The lowest BCUT2D eigenvalue weighted by molar-refractivity contribution is -0.146. The number of aryl methyl sites for hydroxylation is 1. The maximum atomic E-state index is 13.6. The van der Waals surface area contributed by atoms with E-state index >= 15 is 0 Å². The van der Waals surface area contributed by atoms with Crippen LogP contribution in [0, 0.1) is 18.8 Å². The van der Waals surface area contributed by atoms with Crippen LogP contribution in [0.3, 0.4) is 0 Å². The Morgan fingerprint density at radius 1 is 0.577 bits per heavy atom. The fourth-order valence-corrected chi connectivity index (χ4v) is 8.02. The maximum absolute atomic E-state index is 13.6. The molecule has 1 saturated carbocycles. The summed E-state index contributed by atoms with van der Waals surface area (Å²) >= 11 is 0. The Kier molecular flexibility index (Phi) is 13.2. The van der Waals surface area contributed by atoms with Crippen molar-refractivity contribution in [2.45, 2.75) is 70.4 Å². The van der Waals surface area contributed by atoms with Crippen molar-refractivity contribution in [2.24, 2.45) is 11.8 Å². The number of aromatic hydroxyl groups is 1. The number of benzene rings is 2. The highest BCUT2D eigenvalue weighted by molar-refractivity contribution is 5.98. The van der Waals surface area contributed by atoms with Gasteiger partial charge in [-0.25, -0.2) is 0 Å². The molecule has 3 fully saturated rings. The Morgan fingerprint density at radius 3 is 1.31 bits per heavy atom. The van der Waals surface area contributed by atoms with Gasteiger partial charge in [0.25, 0.3) is 0 Å². The van der Waals surface area contributed by atoms with Gasteiger partial charge in [-0.15, -0.1) is 0 Å². The van der Waals surface area contributed by atoms with Crippen molar-refractivity contribution in [3.05, 3.63) is 65.2 Å². The number of piperidine rings is 2. The van der Waals surface area contributed by atoms with Gasteiger partial charge in [0.05, 0.1) is 26.2 Å². The summed E-state index contributed by atoms with van der Waals surface area (Å²) in [6.45, 7) is 2.24. The van der Waals surface area contributed by atoms with Crippen LogP contribution in [0.2, 0.25) is 0 Å². The van der Waals surface area contributed by atoms with E-state index in [2.05, 4.69) is 0 Å². The Labute approximate surface area is 304 Å². The van der Waals surface area contributed by atoms with Crippen molar-refractivity contribution < 1.29 is 44.1 Å². The Bertz CT molecular complexity index is 1480. The van der Waals surface area contributed by atoms with Crippen LogP contribution in [0.5, 0.6) is 5.75 Å². The molecule has 2 heterocycles. The van der Waals surface area contributed by atoms with Crippen LogP contribution in [0.1, 0.15) is 77.6 Å². The Morgan fingerprint density at radius 2 is 0.942 bits per heavy atom. The van der Waals surface area contributed by atoms with Crippen LogP contribution in [0.25, 0.3) is 0 Å². The molecule has 2 saturated heterocycles. The number of ketones is 2. The summed E-state index contributed by atoms with van der Waals surface area (Å²) in [6, 6.07) is 12.6. The molecule has 0 radical (unpaired) electrons. The van der Waals surface area contributed by atoms with Crippen LogP contribution in [-0.4, -0.2) is 135 Å². The molecule has 1 aliphatic carbocycles. The molecule has 52 heavy (non-hydrogen) atoms. The van der Waals surface area contributed by atoms with Gasteiger partial charge in [-0.3, -0.25) is 38.6 Å². The van der Waals surface area contributed by atoms with Gasteiger partial charge in [-0.2, -0.15) is 0 Å². The first-order valence-electron chi connectivity index (χ1n) is 18.3. The lowest BCUT2D eigenvalue weighted by Crippen LogP contribution is -2.59. The minimum absolute atomic E-state index is 0.0437. The topological polar surface area (TPSA) is 176 Å². The van der Waals surface area contributed by atoms with Gasteiger partial charge in [0.1, 0.15) is 5.75 Å². The van der Waals surface area contributed by atoms with Crippen molar-refractivity contribution in [1.82, 2.24) is 19.6 Å². The molecule has 5 rings (SSSR count). The number of phenols is 1. The third kappa shape index (κ3) is 10.0. The summed E-state index contributed by atoms with van der Waals surface area (Å²) in [5, 5.41) is 29.3. The zero-order valence-electron chi connectivity index (χ0n) is 29.8. The normalized spacial score (nSPS) is 20.2. The average Bonchev–Trinajstić information content (AvgIpc) is 3.14. The molecule has 13 nitrogen and oxygen atoms in total. The number of nitrogens with zero attached hydrogens (tertiary/aromatic N) is 4. The third-order valence-corrected chi connectivity index (χ3v) is 10.9. The second-order valence-corrected chi connectivity index (χ2v) is 14.5. The van der Waals surface area contributed by atoms with E-state index in [1.165, 1.54) is 12.1 Å². The van der Waals surface area contributed by atoms with Gasteiger partial charge in [0.2, 0.25) is 11.8 Å². The molecule has 2 unspecified atom stereocenters. The standard InChI is InChI=1S/C39H50N4O9/c1-26-6-8-27(9-7-26)38(51)29-14-18-40(19-15-29)34(45)22-42(24-36(47)48)32-4-2-3-5-33(32)43(25-37(49)50)23-35(46)41-20-16-30(17-21-41)39(52)28-10-12-31(44)13-11-28/h6-13,29-30,32-33,44H,2-5,14-25H2,1H3,(H,47,48)(H,49,50). The number of aliphatic carboxylic acids is 2. The molecule has 2 aliphatic heterocycles. The minimum Gasteiger partial charge on any atom is -0.508 e. The van der Waals surface area contributed by atoms with Gasteiger partial charge < -0.3 is 25.1 Å². The number of carboxylic acid groups (broad SMARTS) is 2. The molecular weight excluding hydrogens is 668 g/mol. The first-order chi connectivity index (χ1) is 24.9. The molecular formula is C39H50N4O9. The number of carbonyl (C=O) groups is 6. The number of rotatable bonds is 14. The van der Waals surface area contributed by atoms with E-state index in [9.17, 15) is 44.1 Å². The average molecular weight is 719 g/mol. The van der Waals surface area contributed by atoms with E-state index in [1.807, 2.05) is 31.2 Å². The van der Waals surface area contributed by atoms with E-state index in [-0.39, 0.29) is 54.1 Å². The minimum atomic E-state index is -1.11.